The van der Waals surface area contributed by atoms with Crippen LogP contribution in [0.4, 0.5) is 0 Å². The van der Waals surface area contributed by atoms with E-state index in [1.165, 1.54) is 6.42 Å². The lowest BCUT2D eigenvalue weighted by Crippen LogP contribution is -2.36. The lowest BCUT2D eigenvalue weighted by Gasteiger charge is -2.26. The Morgan fingerprint density at radius 2 is 1.78 bits per heavy atom. The number of rotatable bonds is 8. The van der Waals surface area contributed by atoms with Gasteiger partial charge in [0.25, 0.3) is 0 Å². The van der Waals surface area contributed by atoms with Crippen molar-refractivity contribution in [2.24, 2.45) is 0 Å². The third-order valence-corrected chi connectivity index (χ3v) is 4.14. The van der Waals surface area contributed by atoms with Gasteiger partial charge < -0.3 is 10.0 Å². The first kappa shape index (κ1) is 15.3. The van der Waals surface area contributed by atoms with Crippen molar-refractivity contribution in [2.45, 2.75) is 44.9 Å². The van der Waals surface area contributed by atoms with Crippen molar-refractivity contribution in [1.29, 1.82) is 0 Å². The molecule has 1 amide bonds. The summed E-state index contributed by atoms with van der Waals surface area (Å²) in [5.41, 5.74) is 0. The summed E-state index contributed by atoms with van der Waals surface area (Å²) in [7, 11) is 0. The van der Waals surface area contributed by atoms with Crippen LogP contribution in [-0.2, 0) is 9.59 Å². The molecule has 0 atom stereocenters. The molecule has 5 heteroatoms. The van der Waals surface area contributed by atoms with Gasteiger partial charge in [-0.25, -0.2) is 0 Å². The first-order valence-corrected chi connectivity index (χ1v) is 7.93. The SMILES string of the molecule is O=C(O)CCCCCSCC(=O)N1CCCCC1. The van der Waals surface area contributed by atoms with Crippen LogP contribution in [-0.4, -0.2) is 46.5 Å². The lowest BCUT2D eigenvalue weighted by atomic mass is 10.1. The van der Waals surface area contributed by atoms with Crippen LogP contribution >= 0.6 is 11.8 Å². The van der Waals surface area contributed by atoms with Gasteiger partial charge in [0, 0.05) is 19.5 Å². The van der Waals surface area contributed by atoms with E-state index in [0.29, 0.717) is 5.75 Å². The van der Waals surface area contributed by atoms with Gasteiger partial charge in [-0.05, 0) is 37.9 Å². The van der Waals surface area contributed by atoms with E-state index < -0.39 is 5.97 Å². The maximum Gasteiger partial charge on any atom is 0.303 e. The quantitative estimate of drug-likeness (QED) is 0.690. The molecule has 1 heterocycles. The molecule has 4 nitrogen and oxygen atoms in total. The lowest BCUT2D eigenvalue weighted by molar-refractivity contribution is -0.137. The van der Waals surface area contributed by atoms with Gasteiger partial charge in [0.1, 0.15) is 0 Å². The van der Waals surface area contributed by atoms with E-state index >= 15 is 0 Å². The molecule has 0 saturated carbocycles. The predicted octanol–water partition coefficient (Wildman–Crippen LogP) is 2.38. The number of likely N-dealkylation sites (tertiary alicyclic amines) is 1. The Morgan fingerprint density at radius 1 is 1.06 bits per heavy atom. The summed E-state index contributed by atoms with van der Waals surface area (Å²) < 4.78 is 0. The van der Waals surface area contributed by atoms with E-state index in [1.807, 2.05) is 4.90 Å². The van der Waals surface area contributed by atoms with Crippen LogP contribution < -0.4 is 0 Å². The Bertz CT molecular complexity index is 265. The summed E-state index contributed by atoms with van der Waals surface area (Å²) in [4.78, 5) is 24.1. The number of aliphatic carboxylic acids is 1. The Morgan fingerprint density at radius 3 is 2.44 bits per heavy atom. The molecule has 18 heavy (non-hydrogen) atoms. The van der Waals surface area contributed by atoms with Gasteiger partial charge in [-0.15, -0.1) is 0 Å². The molecule has 1 N–H and O–H groups in total. The first-order chi connectivity index (χ1) is 8.70. The van der Waals surface area contributed by atoms with E-state index in [9.17, 15) is 9.59 Å². The second-order valence-electron chi connectivity index (χ2n) is 4.70. The fourth-order valence-electron chi connectivity index (χ4n) is 2.05. The second kappa shape index (κ2) is 9.25. The van der Waals surface area contributed by atoms with Crippen molar-refractivity contribution in [3.8, 4) is 0 Å². The molecule has 0 spiro atoms. The fourth-order valence-corrected chi connectivity index (χ4v) is 2.96. The number of carboxylic acids is 1. The van der Waals surface area contributed by atoms with Crippen LogP contribution in [0.25, 0.3) is 0 Å². The molecule has 0 aromatic heterocycles. The molecule has 1 fully saturated rings. The largest absolute Gasteiger partial charge is 0.481 e. The summed E-state index contributed by atoms with van der Waals surface area (Å²) in [6.07, 6.45) is 6.49. The number of hydrogen-bond donors (Lipinski definition) is 1. The van der Waals surface area contributed by atoms with E-state index in [-0.39, 0.29) is 12.3 Å². The third kappa shape index (κ3) is 6.89. The fraction of sp³-hybridized carbons (Fsp3) is 0.846. The van der Waals surface area contributed by atoms with Crippen molar-refractivity contribution >= 4 is 23.6 Å². The summed E-state index contributed by atoms with van der Waals surface area (Å²) in [5.74, 6) is 1.09. The number of carbonyl (C=O) groups is 2. The zero-order chi connectivity index (χ0) is 13.2. The molecule has 104 valence electrons. The Labute approximate surface area is 113 Å². The van der Waals surface area contributed by atoms with Crippen LogP contribution in [0.2, 0.25) is 0 Å². The highest BCUT2D eigenvalue weighted by molar-refractivity contribution is 7.99. The number of nitrogens with zero attached hydrogens (tertiary/aromatic N) is 1. The number of hydrogen-bond acceptors (Lipinski definition) is 3. The van der Waals surface area contributed by atoms with Gasteiger partial charge in [-0.3, -0.25) is 9.59 Å². The minimum Gasteiger partial charge on any atom is -0.481 e. The molecule has 1 saturated heterocycles. The molecular weight excluding hydrogens is 250 g/mol. The summed E-state index contributed by atoms with van der Waals surface area (Å²) in [6, 6.07) is 0. The smallest absolute Gasteiger partial charge is 0.303 e. The normalized spacial score (nSPS) is 15.7. The van der Waals surface area contributed by atoms with Crippen LogP contribution in [0.5, 0.6) is 0 Å². The van der Waals surface area contributed by atoms with Crippen LogP contribution in [0.1, 0.15) is 44.9 Å². The number of amides is 1. The first-order valence-electron chi connectivity index (χ1n) is 6.77. The standard InChI is InChI=1S/C13H23NO3S/c15-12(14-8-4-2-5-9-14)11-18-10-6-1-3-7-13(16)17/h1-11H2,(H,16,17). The Kier molecular flexibility index (Phi) is 7.89. The highest BCUT2D eigenvalue weighted by Gasteiger charge is 2.15. The predicted molar refractivity (Wildman–Crippen MR) is 73.9 cm³/mol. The molecule has 0 radical (unpaired) electrons. The van der Waals surface area contributed by atoms with E-state index in [1.54, 1.807) is 11.8 Å². The average Bonchev–Trinajstić information content (AvgIpc) is 2.38. The van der Waals surface area contributed by atoms with Gasteiger partial charge in [-0.1, -0.05) is 6.42 Å². The van der Waals surface area contributed by atoms with E-state index in [4.69, 9.17) is 5.11 Å². The topological polar surface area (TPSA) is 57.6 Å². The molecular formula is C13H23NO3S. The van der Waals surface area contributed by atoms with Crippen molar-refractivity contribution < 1.29 is 14.7 Å². The summed E-state index contributed by atoms with van der Waals surface area (Å²) >= 11 is 1.68. The van der Waals surface area contributed by atoms with Crippen molar-refractivity contribution in [1.82, 2.24) is 4.90 Å². The monoisotopic (exact) mass is 273 g/mol. The molecule has 0 bridgehead atoms. The van der Waals surface area contributed by atoms with Gasteiger partial charge in [0.05, 0.1) is 5.75 Å². The number of unbranched alkanes of at least 4 members (excludes halogenated alkanes) is 2. The molecule has 0 aromatic rings. The zero-order valence-electron chi connectivity index (χ0n) is 10.9. The molecule has 1 rings (SSSR count). The highest BCUT2D eigenvalue weighted by atomic mass is 32.2. The van der Waals surface area contributed by atoms with Crippen molar-refractivity contribution in [2.75, 3.05) is 24.6 Å². The molecule has 1 aliphatic rings. The molecule has 1 aliphatic heterocycles. The third-order valence-electron chi connectivity index (χ3n) is 3.11. The van der Waals surface area contributed by atoms with Crippen LogP contribution in [0.15, 0.2) is 0 Å². The van der Waals surface area contributed by atoms with Gasteiger partial charge in [-0.2, -0.15) is 11.8 Å². The van der Waals surface area contributed by atoms with Crippen molar-refractivity contribution in [3.63, 3.8) is 0 Å². The minimum atomic E-state index is -0.720. The zero-order valence-corrected chi connectivity index (χ0v) is 11.7. The van der Waals surface area contributed by atoms with E-state index in [2.05, 4.69) is 0 Å². The van der Waals surface area contributed by atoms with E-state index in [0.717, 1.165) is 50.9 Å². The Hall–Kier alpha value is -0.710. The number of carbonyl (C=O) groups excluding carboxylic acids is 1. The maximum atomic E-state index is 11.8. The Balaban J connectivity index is 1.93. The molecule has 0 unspecified atom stereocenters. The molecule has 0 aromatic carbocycles. The number of thioether (sulfide) groups is 1. The van der Waals surface area contributed by atoms with Gasteiger partial charge >= 0.3 is 5.97 Å². The maximum absolute atomic E-state index is 11.8. The average molecular weight is 273 g/mol. The highest BCUT2D eigenvalue weighted by Crippen LogP contribution is 2.12. The van der Waals surface area contributed by atoms with Crippen LogP contribution in [0, 0.1) is 0 Å². The molecule has 0 aliphatic carbocycles. The number of piperidine rings is 1. The summed E-state index contributed by atoms with van der Waals surface area (Å²) in [5, 5.41) is 8.48. The summed E-state index contributed by atoms with van der Waals surface area (Å²) in [6.45, 7) is 1.86. The second-order valence-corrected chi connectivity index (χ2v) is 5.80. The number of carboxylic acid groups (broad SMARTS) is 1. The van der Waals surface area contributed by atoms with Crippen molar-refractivity contribution in [3.05, 3.63) is 0 Å². The van der Waals surface area contributed by atoms with Gasteiger partial charge in [0.15, 0.2) is 0 Å². The van der Waals surface area contributed by atoms with Crippen LogP contribution in [0.3, 0.4) is 0 Å². The minimum absolute atomic E-state index is 0.261. The van der Waals surface area contributed by atoms with Gasteiger partial charge in [0.2, 0.25) is 5.91 Å².